The summed E-state index contributed by atoms with van der Waals surface area (Å²) in [6.45, 7) is 3.77. The van der Waals surface area contributed by atoms with Crippen LogP contribution in [0.3, 0.4) is 0 Å². The summed E-state index contributed by atoms with van der Waals surface area (Å²) in [6, 6.07) is 0. The Morgan fingerprint density at radius 2 is 2.25 bits per heavy atom. The summed E-state index contributed by atoms with van der Waals surface area (Å²) in [6.07, 6.45) is 0.650. The van der Waals surface area contributed by atoms with Crippen molar-refractivity contribution in [3.63, 3.8) is 0 Å². The number of pyridine rings is 1. The second-order valence-corrected chi connectivity index (χ2v) is 4.45. The molecule has 0 aliphatic rings. The maximum atomic E-state index is 11.7. The van der Waals surface area contributed by atoms with E-state index < -0.39 is 5.97 Å². The highest BCUT2D eigenvalue weighted by Crippen LogP contribution is 2.27. The van der Waals surface area contributed by atoms with Crippen LogP contribution in [0.15, 0.2) is 10.2 Å². The Balaban J connectivity index is 2.90. The number of thiophene rings is 1. The van der Waals surface area contributed by atoms with Crippen molar-refractivity contribution in [1.82, 2.24) is 4.98 Å². The molecule has 0 saturated carbocycles. The second kappa shape index (κ2) is 3.75. The summed E-state index contributed by atoms with van der Waals surface area (Å²) < 4.78 is 0.855. The molecule has 0 spiro atoms. The molecule has 2 aromatic heterocycles. The molecule has 4 nitrogen and oxygen atoms in total. The monoisotopic (exact) mass is 237 g/mol. The lowest BCUT2D eigenvalue weighted by molar-refractivity contribution is 0.0699. The maximum Gasteiger partial charge on any atom is 0.338 e. The van der Waals surface area contributed by atoms with Gasteiger partial charge in [-0.25, -0.2) is 4.79 Å². The molecule has 2 heterocycles. The van der Waals surface area contributed by atoms with E-state index in [1.165, 1.54) is 11.3 Å². The lowest BCUT2D eigenvalue weighted by Gasteiger charge is -2.03. The van der Waals surface area contributed by atoms with Gasteiger partial charge in [0.2, 0.25) is 0 Å². The van der Waals surface area contributed by atoms with Gasteiger partial charge in [-0.15, -0.1) is 11.3 Å². The molecule has 0 atom stereocenters. The number of nitrogens with one attached hydrogen (secondary N) is 1. The van der Waals surface area contributed by atoms with Crippen LogP contribution >= 0.6 is 11.3 Å². The van der Waals surface area contributed by atoms with Crippen LogP contribution in [0.1, 0.15) is 28.4 Å². The van der Waals surface area contributed by atoms with Crippen molar-refractivity contribution in [3.8, 4) is 0 Å². The molecule has 0 bridgehead atoms. The number of aromatic amines is 1. The average molecular weight is 237 g/mol. The minimum atomic E-state index is -1.01. The van der Waals surface area contributed by atoms with E-state index in [0.29, 0.717) is 11.9 Å². The van der Waals surface area contributed by atoms with Crippen LogP contribution in [0.2, 0.25) is 0 Å². The number of carbonyl (C=O) groups is 1. The van der Waals surface area contributed by atoms with Crippen molar-refractivity contribution < 1.29 is 9.90 Å². The molecule has 0 radical (unpaired) electrons. The molecule has 2 rings (SSSR count). The fraction of sp³-hybridized carbons (Fsp3) is 0.273. The topological polar surface area (TPSA) is 70.2 Å². The number of rotatable bonds is 2. The Bertz CT molecular complexity index is 624. The van der Waals surface area contributed by atoms with Gasteiger partial charge in [0.15, 0.2) is 0 Å². The van der Waals surface area contributed by atoms with Gasteiger partial charge in [-0.2, -0.15) is 0 Å². The molecule has 0 amide bonds. The van der Waals surface area contributed by atoms with E-state index in [1.54, 1.807) is 5.38 Å². The largest absolute Gasteiger partial charge is 0.478 e. The molecular formula is C11H11NO3S. The highest BCUT2D eigenvalue weighted by atomic mass is 32.1. The van der Waals surface area contributed by atoms with Gasteiger partial charge in [-0.1, -0.05) is 6.92 Å². The van der Waals surface area contributed by atoms with E-state index in [9.17, 15) is 9.59 Å². The van der Waals surface area contributed by atoms with E-state index in [1.807, 2.05) is 13.8 Å². The summed E-state index contributed by atoms with van der Waals surface area (Å²) in [5, 5.41) is 10.5. The minimum Gasteiger partial charge on any atom is -0.478 e. The summed E-state index contributed by atoms with van der Waals surface area (Å²) in [4.78, 5) is 25.3. The second-order valence-electron chi connectivity index (χ2n) is 3.57. The smallest absolute Gasteiger partial charge is 0.338 e. The molecular weight excluding hydrogens is 226 g/mol. The van der Waals surface area contributed by atoms with Crippen LogP contribution in [-0.4, -0.2) is 16.1 Å². The zero-order chi connectivity index (χ0) is 11.9. The van der Waals surface area contributed by atoms with Crippen molar-refractivity contribution in [2.45, 2.75) is 20.3 Å². The number of H-pyrrole nitrogens is 1. The van der Waals surface area contributed by atoms with Crippen LogP contribution in [0.25, 0.3) is 10.2 Å². The van der Waals surface area contributed by atoms with Crippen molar-refractivity contribution in [3.05, 3.63) is 32.4 Å². The molecule has 0 unspecified atom stereocenters. The van der Waals surface area contributed by atoms with Crippen molar-refractivity contribution >= 4 is 27.5 Å². The first kappa shape index (κ1) is 10.9. The van der Waals surface area contributed by atoms with Gasteiger partial charge in [0, 0.05) is 10.9 Å². The third kappa shape index (κ3) is 1.44. The van der Waals surface area contributed by atoms with Gasteiger partial charge in [-0.3, -0.25) is 4.79 Å². The molecule has 0 saturated heterocycles. The fourth-order valence-corrected chi connectivity index (χ4v) is 2.87. The Hall–Kier alpha value is -1.62. The van der Waals surface area contributed by atoms with Gasteiger partial charge >= 0.3 is 5.97 Å². The molecule has 0 aliphatic carbocycles. The molecule has 2 aromatic rings. The summed E-state index contributed by atoms with van der Waals surface area (Å²) in [5.74, 6) is -1.01. The number of aromatic nitrogens is 1. The number of aromatic carboxylic acids is 1. The van der Waals surface area contributed by atoms with Crippen LogP contribution in [0.5, 0.6) is 0 Å². The van der Waals surface area contributed by atoms with E-state index in [2.05, 4.69) is 4.98 Å². The molecule has 0 aromatic carbocycles. The molecule has 84 valence electrons. The number of hydrogen-bond donors (Lipinski definition) is 2. The lowest BCUT2D eigenvalue weighted by Crippen LogP contribution is -2.14. The quantitative estimate of drug-likeness (QED) is 0.840. The highest BCUT2D eigenvalue weighted by Gasteiger charge is 2.15. The SMILES string of the molecule is CCc1c(C)c2scc(C(=O)O)c2[nH]c1=O. The number of aryl methyl sites for hydroxylation is 1. The predicted molar refractivity (Wildman–Crippen MR) is 63.5 cm³/mol. The van der Waals surface area contributed by atoms with Crippen molar-refractivity contribution in [1.29, 1.82) is 0 Å². The van der Waals surface area contributed by atoms with Gasteiger partial charge in [0.25, 0.3) is 5.56 Å². The summed E-state index contributed by atoms with van der Waals surface area (Å²) in [7, 11) is 0. The highest BCUT2D eigenvalue weighted by molar-refractivity contribution is 7.17. The first-order valence-corrected chi connectivity index (χ1v) is 5.80. The Kier molecular flexibility index (Phi) is 2.55. The lowest BCUT2D eigenvalue weighted by atomic mass is 10.1. The Morgan fingerprint density at radius 3 is 2.81 bits per heavy atom. The molecule has 0 aliphatic heterocycles. The van der Waals surface area contributed by atoms with Crippen LogP contribution < -0.4 is 5.56 Å². The molecule has 16 heavy (non-hydrogen) atoms. The van der Waals surface area contributed by atoms with Crippen molar-refractivity contribution in [2.75, 3.05) is 0 Å². The summed E-state index contributed by atoms with van der Waals surface area (Å²) >= 11 is 1.36. The zero-order valence-corrected chi connectivity index (χ0v) is 9.77. The zero-order valence-electron chi connectivity index (χ0n) is 8.96. The van der Waals surface area contributed by atoms with E-state index >= 15 is 0 Å². The van der Waals surface area contributed by atoms with Crippen molar-refractivity contribution in [2.24, 2.45) is 0 Å². The predicted octanol–water partition coefficient (Wildman–Crippen LogP) is 2.16. The number of hydrogen-bond acceptors (Lipinski definition) is 3. The molecule has 2 N–H and O–H groups in total. The minimum absolute atomic E-state index is 0.169. The van der Waals surface area contributed by atoms with Gasteiger partial charge in [-0.05, 0) is 18.9 Å². The fourth-order valence-electron chi connectivity index (χ4n) is 1.84. The standard InChI is InChI=1S/C11H11NO3S/c1-3-6-5(2)9-8(12-10(6)13)7(4-16-9)11(14)15/h4H,3H2,1-2H3,(H,12,13)(H,14,15). The number of fused-ring (bicyclic) bond motifs is 1. The van der Waals surface area contributed by atoms with E-state index in [4.69, 9.17) is 5.11 Å². The third-order valence-electron chi connectivity index (χ3n) is 2.68. The molecule has 0 fully saturated rings. The van der Waals surface area contributed by atoms with Crippen LogP contribution in [-0.2, 0) is 6.42 Å². The normalized spacial score (nSPS) is 10.9. The maximum absolute atomic E-state index is 11.7. The number of carboxylic acids is 1. The third-order valence-corrected chi connectivity index (χ3v) is 3.78. The Morgan fingerprint density at radius 1 is 1.56 bits per heavy atom. The number of carboxylic acid groups (broad SMARTS) is 1. The first-order valence-electron chi connectivity index (χ1n) is 4.92. The van der Waals surface area contributed by atoms with Gasteiger partial charge in [0.1, 0.15) is 0 Å². The summed E-state index contributed by atoms with van der Waals surface area (Å²) in [5.41, 5.74) is 2.04. The average Bonchev–Trinajstić information content (AvgIpc) is 2.62. The van der Waals surface area contributed by atoms with Crippen LogP contribution in [0.4, 0.5) is 0 Å². The van der Waals surface area contributed by atoms with Gasteiger partial charge in [0.05, 0.1) is 15.8 Å². The Labute approximate surface area is 95.6 Å². The molecule has 5 heteroatoms. The van der Waals surface area contributed by atoms with E-state index in [0.717, 1.165) is 15.8 Å². The van der Waals surface area contributed by atoms with Gasteiger partial charge < -0.3 is 10.1 Å². The first-order chi connectivity index (χ1) is 7.56. The van der Waals surface area contributed by atoms with E-state index in [-0.39, 0.29) is 11.1 Å². The van der Waals surface area contributed by atoms with Crippen LogP contribution in [0, 0.1) is 6.92 Å².